The molecule has 1 N–H and O–H groups in total. The Kier molecular flexibility index (Phi) is 3.68. The van der Waals surface area contributed by atoms with E-state index in [0.717, 1.165) is 16.9 Å². The van der Waals surface area contributed by atoms with Crippen LogP contribution in [-0.2, 0) is 7.05 Å². The Hall–Kier alpha value is -3.23. The smallest absolute Gasteiger partial charge is 0.255 e. The first kappa shape index (κ1) is 15.3. The molecule has 0 saturated carbocycles. The standard InChI is InChI=1S/C16H17N7O2/c1-21-14-12(9-20-21)15(19-10-18-14)22-4-6-23(7-5-22)16(25)11-2-3-13(24)17-8-11/h2-3,8-10H,4-7H2,1H3,(H,17,24). The summed E-state index contributed by atoms with van der Waals surface area (Å²) < 4.78 is 1.72. The number of hydrogen-bond donors (Lipinski definition) is 1. The van der Waals surface area contributed by atoms with Crippen LogP contribution >= 0.6 is 0 Å². The SMILES string of the molecule is Cn1ncc2c(N3CCN(C(=O)c4ccc(=O)[nH]c4)CC3)ncnc21. The third-order valence-corrected chi connectivity index (χ3v) is 4.41. The number of aryl methyl sites for hydroxylation is 1. The molecule has 0 atom stereocenters. The highest BCUT2D eigenvalue weighted by Crippen LogP contribution is 2.23. The quantitative estimate of drug-likeness (QED) is 0.706. The molecule has 0 unspecified atom stereocenters. The third kappa shape index (κ3) is 2.73. The molecule has 0 bridgehead atoms. The number of aromatic nitrogens is 5. The van der Waals surface area contributed by atoms with Crippen molar-refractivity contribution in [1.29, 1.82) is 0 Å². The number of hydrogen-bond acceptors (Lipinski definition) is 6. The van der Waals surface area contributed by atoms with E-state index >= 15 is 0 Å². The van der Waals surface area contributed by atoms with Crippen LogP contribution in [0, 0.1) is 0 Å². The summed E-state index contributed by atoms with van der Waals surface area (Å²) >= 11 is 0. The number of nitrogens with one attached hydrogen (secondary N) is 1. The summed E-state index contributed by atoms with van der Waals surface area (Å²) in [7, 11) is 1.85. The molecule has 9 nitrogen and oxygen atoms in total. The summed E-state index contributed by atoms with van der Waals surface area (Å²) in [6, 6.07) is 2.92. The molecular weight excluding hydrogens is 322 g/mol. The molecule has 0 radical (unpaired) electrons. The molecule has 128 valence electrons. The van der Waals surface area contributed by atoms with E-state index < -0.39 is 0 Å². The minimum atomic E-state index is -0.217. The third-order valence-electron chi connectivity index (χ3n) is 4.41. The summed E-state index contributed by atoms with van der Waals surface area (Å²) in [6.45, 7) is 2.53. The fourth-order valence-electron chi connectivity index (χ4n) is 3.05. The van der Waals surface area contributed by atoms with Crippen molar-refractivity contribution in [1.82, 2.24) is 29.6 Å². The van der Waals surface area contributed by atoms with Crippen LogP contribution in [0.15, 0.2) is 35.6 Å². The number of pyridine rings is 1. The lowest BCUT2D eigenvalue weighted by atomic mass is 10.2. The number of carbonyl (C=O) groups excluding carboxylic acids is 1. The van der Waals surface area contributed by atoms with Gasteiger partial charge in [-0.2, -0.15) is 5.10 Å². The van der Waals surface area contributed by atoms with Crippen LogP contribution in [-0.4, -0.2) is 61.7 Å². The number of H-pyrrole nitrogens is 1. The van der Waals surface area contributed by atoms with Crippen LogP contribution < -0.4 is 10.5 Å². The van der Waals surface area contributed by atoms with Gasteiger partial charge in [-0.15, -0.1) is 0 Å². The van der Waals surface area contributed by atoms with Gasteiger partial charge in [0.1, 0.15) is 12.1 Å². The van der Waals surface area contributed by atoms with Gasteiger partial charge in [0.25, 0.3) is 5.91 Å². The highest BCUT2D eigenvalue weighted by molar-refractivity contribution is 5.94. The Bertz CT molecular complexity index is 965. The first-order chi connectivity index (χ1) is 12.1. The van der Waals surface area contributed by atoms with Crippen LogP contribution in [0.1, 0.15) is 10.4 Å². The topological polar surface area (TPSA) is 100 Å². The van der Waals surface area contributed by atoms with E-state index in [1.54, 1.807) is 21.8 Å². The molecule has 4 heterocycles. The van der Waals surface area contributed by atoms with Crippen molar-refractivity contribution >= 4 is 22.8 Å². The zero-order valence-corrected chi connectivity index (χ0v) is 13.7. The largest absolute Gasteiger partial charge is 0.352 e. The summed E-state index contributed by atoms with van der Waals surface area (Å²) in [6.07, 6.45) is 4.76. The summed E-state index contributed by atoms with van der Waals surface area (Å²) in [5, 5.41) is 5.14. The van der Waals surface area contributed by atoms with Crippen molar-refractivity contribution in [3.8, 4) is 0 Å². The second-order valence-electron chi connectivity index (χ2n) is 5.92. The molecule has 0 aliphatic carbocycles. The predicted octanol–water partition coefficient (Wildman–Crippen LogP) is 0.0140. The molecule has 0 spiro atoms. The van der Waals surface area contributed by atoms with Gasteiger partial charge in [0.05, 0.1) is 17.1 Å². The predicted molar refractivity (Wildman–Crippen MR) is 91.5 cm³/mol. The molecule has 1 saturated heterocycles. The summed E-state index contributed by atoms with van der Waals surface area (Å²) in [5.74, 6) is 0.763. The van der Waals surface area contributed by atoms with E-state index in [-0.39, 0.29) is 11.5 Å². The Morgan fingerprint density at radius 2 is 1.96 bits per heavy atom. The average Bonchev–Trinajstić information content (AvgIpc) is 3.03. The van der Waals surface area contributed by atoms with Gasteiger partial charge in [0.2, 0.25) is 5.56 Å². The summed E-state index contributed by atoms with van der Waals surface area (Å²) in [4.78, 5) is 38.8. The lowest BCUT2D eigenvalue weighted by Crippen LogP contribution is -2.49. The first-order valence-corrected chi connectivity index (χ1v) is 7.99. The molecule has 3 aromatic heterocycles. The van der Waals surface area contributed by atoms with Crippen molar-refractivity contribution in [2.45, 2.75) is 0 Å². The normalized spacial score (nSPS) is 14.9. The van der Waals surface area contributed by atoms with Gasteiger partial charge in [-0.3, -0.25) is 14.3 Å². The van der Waals surface area contributed by atoms with Crippen LogP contribution in [0.25, 0.3) is 11.0 Å². The van der Waals surface area contributed by atoms with Crippen LogP contribution in [0.5, 0.6) is 0 Å². The van der Waals surface area contributed by atoms with E-state index in [9.17, 15) is 9.59 Å². The van der Waals surface area contributed by atoms with Crippen molar-refractivity contribution in [3.05, 3.63) is 46.8 Å². The van der Waals surface area contributed by atoms with E-state index in [4.69, 9.17) is 0 Å². The van der Waals surface area contributed by atoms with Gasteiger partial charge < -0.3 is 14.8 Å². The van der Waals surface area contributed by atoms with E-state index in [2.05, 4.69) is 25.0 Å². The maximum Gasteiger partial charge on any atom is 0.255 e. The van der Waals surface area contributed by atoms with Gasteiger partial charge in [-0.25, -0.2) is 9.97 Å². The zero-order valence-electron chi connectivity index (χ0n) is 13.7. The van der Waals surface area contributed by atoms with Crippen molar-refractivity contribution in [2.75, 3.05) is 31.1 Å². The molecule has 1 amide bonds. The molecule has 25 heavy (non-hydrogen) atoms. The fraction of sp³-hybridized carbons (Fsp3) is 0.312. The fourth-order valence-corrected chi connectivity index (χ4v) is 3.05. The molecule has 1 aliphatic rings. The molecule has 9 heteroatoms. The van der Waals surface area contributed by atoms with Gasteiger partial charge in [-0.1, -0.05) is 0 Å². The minimum Gasteiger partial charge on any atom is -0.352 e. The lowest BCUT2D eigenvalue weighted by Gasteiger charge is -2.35. The second-order valence-corrected chi connectivity index (χ2v) is 5.92. The van der Waals surface area contributed by atoms with Crippen LogP contribution in [0.3, 0.4) is 0 Å². The second kappa shape index (κ2) is 6.00. The van der Waals surface area contributed by atoms with Crippen molar-refractivity contribution < 1.29 is 4.79 Å². The van der Waals surface area contributed by atoms with Gasteiger partial charge in [0.15, 0.2) is 5.65 Å². The number of aromatic amines is 1. The minimum absolute atomic E-state index is 0.0786. The number of anilines is 1. The number of amides is 1. The Balaban J connectivity index is 1.50. The number of nitrogens with zero attached hydrogens (tertiary/aromatic N) is 6. The van der Waals surface area contributed by atoms with Crippen LogP contribution in [0.4, 0.5) is 5.82 Å². The highest BCUT2D eigenvalue weighted by atomic mass is 16.2. The molecule has 4 rings (SSSR count). The molecule has 1 fully saturated rings. The number of fused-ring (bicyclic) bond motifs is 1. The van der Waals surface area contributed by atoms with E-state index in [1.165, 1.54) is 18.6 Å². The van der Waals surface area contributed by atoms with Crippen molar-refractivity contribution in [3.63, 3.8) is 0 Å². The first-order valence-electron chi connectivity index (χ1n) is 7.99. The summed E-state index contributed by atoms with van der Waals surface area (Å²) in [5.41, 5.74) is 1.06. The maximum atomic E-state index is 12.5. The van der Waals surface area contributed by atoms with Gasteiger partial charge in [0, 0.05) is 45.5 Å². The van der Waals surface area contributed by atoms with Gasteiger partial charge in [-0.05, 0) is 6.07 Å². The van der Waals surface area contributed by atoms with Crippen molar-refractivity contribution in [2.24, 2.45) is 7.05 Å². The van der Waals surface area contributed by atoms with E-state index in [0.29, 0.717) is 31.7 Å². The molecule has 3 aromatic rings. The lowest BCUT2D eigenvalue weighted by molar-refractivity contribution is 0.0746. The number of rotatable bonds is 2. The molecule has 0 aromatic carbocycles. The zero-order chi connectivity index (χ0) is 17.4. The molecule has 1 aliphatic heterocycles. The average molecular weight is 339 g/mol. The maximum absolute atomic E-state index is 12.5. The Morgan fingerprint density at radius 3 is 2.68 bits per heavy atom. The van der Waals surface area contributed by atoms with Gasteiger partial charge >= 0.3 is 0 Å². The Morgan fingerprint density at radius 1 is 1.16 bits per heavy atom. The number of piperazine rings is 1. The number of carbonyl (C=O) groups is 1. The van der Waals surface area contributed by atoms with E-state index in [1.807, 2.05) is 7.05 Å². The highest BCUT2D eigenvalue weighted by Gasteiger charge is 2.24. The Labute approximate surface area is 142 Å². The molecular formula is C16H17N7O2. The van der Waals surface area contributed by atoms with Crippen LogP contribution in [0.2, 0.25) is 0 Å². The monoisotopic (exact) mass is 339 g/mol.